The lowest BCUT2D eigenvalue weighted by atomic mass is 9.99. The highest BCUT2D eigenvalue weighted by Crippen LogP contribution is 2.43. The van der Waals surface area contributed by atoms with Crippen LogP contribution in [-0.2, 0) is 6.42 Å². The number of benzene rings is 2. The molecule has 34 heavy (non-hydrogen) atoms. The van der Waals surface area contributed by atoms with E-state index in [2.05, 4.69) is 30.5 Å². The van der Waals surface area contributed by atoms with Gasteiger partial charge in [0.25, 0.3) is 5.56 Å². The fourth-order valence-electron chi connectivity index (χ4n) is 4.86. The molecule has 172 valence electrons. The first-order valence-corrected chi connectivity index (χ1v) is 10.9. The average Bonchev–Trinajstić information content (AvgIpc) is 3.38. The number of halogens is 3. The smallest absolute Gasteiger partial charge is 0.313 e. The van der Waals surface area contributed by atoms with Gasteiger partial charge >= 0.3 is 6.03 Å². The van der Waals surface area contributed by atoms with E-state index in [1.807, 2.05) is 0 Å². The zero-order valence-electron chi connectivity index (χ0n) is 17.3. The summed E-state index contributed by atoms with van der Waals surface area (Å²) in [6.07, 6.45) is 1.92. The van der Waals surface area contributed by atoms with Gasteiger partial charge in [0, 0.05) is 29.3 Å². The van der Waals surface area contributed by atoms with Crippen LogP contribution >= 0.6 is 11.6 Å². The number of urea groups is 1. The summed E-state index contributed by atoms with van der Waals surface area (Å²) in [5.74, 6) is -1.45. The summed E-state index contributed by atoms with van der Waals surface area (Å²) in [5.41, 5.74) is 1.67. The Morgan fingerprint density at radius 2 is 1.88 bits per heavy atom. The number of aromatic nitrogens is 4. The number of rotatable bonds is 2. The molecule has 1 saturated heterocycles. The summed E-state index contributed by atoms with van der Waals surface area (Å²) in [4.78, 5) is 26.3. The molecule has 2 aromatic carbocycles. The number of hydrogen-bond donors (Lipinski definition) is 2. The Morgan fingerprint density at radius 3 is 2.71 bits per heavy atom. The summed E-state index contributed by atoms with van der Waals surface area (Å²) < 4.78 is 34.2. The number of carbonyl (C=O) groups excluding carboxylic acids is 1. The van der Waals surface area contributed by atoms with Crippen LogP contribution in [-0.4, -0.2) is 37.5 Å². The van der Waals surface area contributed by atoms with Gasteiger partial charge in [0.2, 0.25) is 0 Å². The normalized spacial score (nSPS) is 18.9. The summed E-state index contributed by atoms with van der Waals surface area (Å²) in [5, 5.41) is 16.4. The molecule has 2 amide bonds. The third kappa shape index (κ3) is 3.23. The van der Waals surface area contributed by atoms with Crippen LogP contribution in [0.4, 0.5) is 19.3 Å². The van der Waals surface area contributed by atoms with Crippen molar-refractivity contribution in [1.29, 1.82) is 0 Å². The van der Waals surface area contributed by atoms with Gasteiger partial charge in [-0.15, -0.1) is 0 Å². The van der Waals surface area contributed by atoms with E-state index in [9.17, 15) is 14.0 Å². The first-order chi connectivity index (χ1) is 16.4. The molecule has 0 saturated carbocycles. The summed E-state index contributed by atoms with van der Waals surface area (Å²) >= 11 is 6.35. The van der Waals surface area contributed by atoms with Crippen LogP contribution in [0.1, 0.15) is 30.1 Å². The fourth-order valence-corrected chi connectivity index (χ4v) is 5.12. The molecule has 2 atom stereocenters. The van der Waals surface area contributed by atoms with E-state index in [4.69, 9.17) is 11.6 Å². The Kier molecular flexibility index (Phi) is 4.63. The highest BCUT2D eigenvalue weighted by molar-refractivity contribution is 6.33. The van der Waals surface area contributed by atoms with Gasteiger partial charge in [-0.25, -0.2) is 23.3 Å². The van der Waals surface area contributed by atoms with Crippen LogP contribution in [0, 0.1) is 11.6 Å². The number of H-pyrrole nitrogens is 1. The van der Waals surface area contributed by atoms with Gasteiger partial charge in [-0.3, -0.25) is 4.79 Å². The Labute approximate surface area is 194 Å². The molecule has 4 heterocycles. The van der Waals surface area contributed by atoms with E-state index in [1.165, 1.54) is 18.2 Å². The molecule has 4 aromatic rings. The molecule has 2 bridgehead atoms. The molecule has 0 unspecified atom stereocenters. The van der Waals surface area contributed by atoms with Crippen molar-refractivity contribution in [3.05, 3.63) is 68.6 Å². The molecule has 2 N–H and O–H groups in total. The van der Waals surface area contributed by atoms with Crippen LogP contribution < -0.4 is 10.9 Å². The molecule has 6 rings (SSSR count). The van der Waals surface area contributed by atoms with Gasteiger partial charge in [-0.1, -0.05) is 11.6 Å². The van der Waals surface area contributed by atoms with E-state index < -0.39 is 17.7 Å². The SMILES string of the molecule is O=C(Nc1cc(Cl)c(-c2cc3nonc3cc2F)cc1F)N1[C@H]2CC[C@@H]1c1n[nH]c(=O)cc1C2. The van der Waals surface area contributed by atoms with Gasteiger partial charge < -0.3 is 10.2 Å². The highest BCUT2D eigenvalue weighted by atomic mass is 35.5. The van der Waals surface area contributed by atoms with Crippen molar-refractivity contribution in [3.63, 3.8) is 0 Å². The number of aromatic amines is 1. The van der Waals surface area contributed by atoms with Crippen molar-refractivity contribution >= 4 is 34.4 Å². The number of fused-ring (bicyclic) bond motifs is 5. The summed E-state index contributed by atoms with van der Waals surface area (Å²) in [6.45, 7) is 0. The Bertz CT molecular complexity index is 1540. The van der Waals surface area contributed by atoms with Gasteiger partial charge in [0.15, 0.2) is 0 Å². The second-order valence-corrected chi connectivity index (χ2v) is 8.74. The monoisotopic (exact) mass is 484 g/mol. The molecule has 0 spiro atoms. The zero-order chi connectivity index (χ0) is 23.6. The molecule has 2 aliphatic rings. The predicted octanol–water partition coefficient (Wildman–Crippen LogP) is 4.20. The topological polar surface area (TPSA) is 117 Å². The van der Waals surface area contributed by atoms with Crippen LogP contribution in [0.15, 0.2) is 39.8 Å². The maximum Gasteiger partial charge on any atom is 0.322 e. The van der Waals surface area contributed by atoms with E-state index in [0.717, 1.165) is 24.1 Å². The number of amides is 2. The summed E-state index contributed by atoms with van der Waals surface area (Å²) in [7, 11) is 0. The molecular formula is C22H15ClF2N6O3. The van der Waals surface area contributed by atoms with Crippen molar-refractivity contribution in [2.24, 2.45) is 0 Å². The number of carbonyl (C=O) groups is 1. The minimum absolute atomic E-state index is 0.0238. The number of nitrogens with zero attached hydrogens (tertiary/aromatic N) is 4. The fraction of sp³-hybridized carbons (Fsp3) is 0.227. The number of anilines is 1. The minimum Gasteiger partial charge on any atom is -0.313 e. The van der Waals surface area contributed by atoms with Gasteiger partial charge in [-0.05, 0) is 53.3 Å². The molecule has 2 aliphatic heterocycles. The van der Waals surface area contributed by atoms with Gasteiger partial charge in [-0.2, -0.15) is 5.10 Å². The van der Waals surface area contributed by atoms with E-state index >= 15 is 4.39 Å². The molecular weight excluding hydrogens is 470 g/mol. The lowest BCUT2D eigenvalue weighted by Gasteiger charge is -2.35. The second-order valence-electron chi connectivity index (χ2n) is 8.33. The molecule has 12 heteroatoms. The van der Waals surface area contributed by atoms with Crippen LogP contribution in [0.25, 0.3) is 22.2 Å². The Hall–Kier alpha value is -3.86. The second kappa shape index (κ2) is 7.59. The summed E-state index contributed by atoms with van der Waals surface area (Å²) in [6, 6.07) is 5.33. The third-order valence-corrected chi connectivity index (χ3v) is 6.67. The largest absolute Gasteiger partial charge is 0.322 e. The van der Waals surface area contributed by atoms with E-state index in [0.29, 0.717) is 24.1 Å². The molecule has 9 nitrogen and oxygen atoms in total. The molecule has 0 aliphatic carbocycles. The molecule has 1 fully saturated rings. The third-order valence-electron chi connectivity index (χ3n) is 6.36. The first-order valence-electron chi connectivity index (χ1n) is 10.5. The van der Waals surface area contributed by atoms with Crippen molar-refractivity contribution in [1.82, 2.24) is 25.4 Å². The van der Waals surface area contributed by atoms with Crippen molar-refractivity contribution in [3.8, 4) is 11.1 Å². The Morgan fingerprint density at radius 1 is 1.09 bits per heavy atom. The quantitative estimate of drug-likeness (QED) is 0.440. The van der Waals surface area contributed by atoms with E-state index in [-0.39, 0.29) is 45.0 Å². The lowest BCUT2D eigenvalue weighted by molar-refractivity contribution is 0.177. The maximum atomic E-state index is 15.0. The maximum absolute atomic E-state index is 15.0. The zero-order valence-corrected chi connectivity index (χ0v) is 18.1. The van der Waals surface area contributed by atoms with Crippen LogP contribution in [0.5, 0.6) is 0 Å². The predicted molar refractivity (Wildman–Crippen MR) is 117 cm³/mol. The number of nitrogens with one attached hydrogen (secondary N) is 2. The highest BCUT2D eigenvalue weighted by Gasteiger charge is 2.44. The average molecular weight is 485 g/mol. The van der Waals surface area contributed by atoms with Crippen molar-refractivity contribution < 1.29 is 18.2 Å². The van der Waals surface area contributed by atoms with Crippen molar-refractivity contribution in [2.45, 2.75) is 31.3 Å². The van der Waals surface area contributed by atoms with Gasteiger partial charge in [0.05, 0.1) is 22.4 Å². The van der Waals surface area contributed by atoms with Crippen LogP contribution in [0.2, 0.25) is 5.02 Å². The van der Waals surface area contributed by atoms with Crippen molar-refractivity contribution in [2.75, 3.05) is 5.32 Å². The lowest BCUT2D eigenvalue weighted by Crippen LogP contribution is -2.45. The molecule has 2 aromatic heterocycles. The van der Waals surface area contributed by atoms with Crippen LogP contribution in [0.3, 0.4) is 0 Å². The van der Waals surface area contributed by atoms with E-state index in [1.54, 1.807) is 4.90 Å². The standard InChI is InChI=1S/C22H15ClF2N6O3/c23-13-7-16(15(25)5-11(13)12-6-17-18(8-14(12)24)30-34-29-17)26-22(33)31-10-1-2-19(31)21-9(3-10)4-20(32)27-28-21/h4-8,10,19H,1-3H2,(H,26,33)(H,27,32)/t10-,19+/m0/s1. The Balaban J connectivity index is 1.30. The minimum atomic E-state index is -0.780. The number of hydrogen-bond acceptors (Lipinski definition) is 6. The molecule has 0 radical (unpaired) electrons. The van der Waals surface area contributed by atoms with Gasteiger partial charge in [0.1, 0.15) is 22.7 Å². The first kappa shape index (κ1) is 20.7.